The number of amides is 2. The highest BCUT2D eigenvalue weighted by atomic mass is 32.1. The van der Waals surface area contributed by atoms with Gasteiger partial charge in [-0.3, -0.25) is 14.7 Å². The molecule has 2 amide bonds. The predicted octanol–water partition coefficient (Wildman–Crippen LogP) is 4.28. The minimum absolute atomic E-state index is 0.0406. The van der Waals surface area contributed by atoms with Crippen LogP contribution in [-0.4, -0.2) is 22.0 Å². The second-order valence-corrected chi connectivity index (χ2v) is 8.74. The van der Waals surface area contributed by atoms with E-state index in [0.717, 1.165) is 37.3 Å². The van der Waals surface area contributed by atoms with E-state index in [2.05, 4.69) is 20.8 Å². The first kappa shape index (κ1) is 20.8. The lowest BCUT2D eigenvalue weighted by molar-refractivity contribution is -0.120. The number of fused-ring (bicyclic) bond motifs is 1. The molecular weight excluding hydrogens is 408 g/mol. The van der Waals surface area contributed by atoms with Gasteiger partial charge in [0, 0.05) is 11.4 Å². The Kier molecular flexibility index (Phi) is 6.13. The zero-order chi connectivity index (χ0) is 21.8. The number of H-pyrrole nitrogens is 1. The topological polar surface area (TPSA) is 86.9 Å². The Bertz CT molecular complexity index is 1240. The fourth-order valence-corrected chi connectivity index (χ4v) is 4.45. The van der Waals surface area contributed by atoms with Crippen LogP contribution in [0.4, 0.5) is 5.82 Å². The van der Waals surface area contributed by atoms with Crippen LogP contribution in [-0.2, 0) is 29.0 Å². The Hall–Kier alpha value is -3.45. The van der Waals surface area contributed by atoms with Gasteiger partial charge in [-0.2, -0.15) is 5.10 Å². The lowest BCUT2D eigenvalue weighted by Gasteiger charge is -2.07. The molecule has 0 aliphatic carbocycles. The van der Waals surface area contributed by atoms with Crippen LogP contribution < -0.4 is 10.6 Å². The van der Waals surface area contributed by atoms with Gasteiger partial charge >= 0.3 is 0 Å². The molecule has 0 spiro atoms. The molecule has 0 atom stereocenters. The summed E-state index contributed by atoms with van der Waals surface area (Å²) in [4.78, 5) is 26.5. The van der Waals surface area contributed by atoms with E-state index in [-0.39, 0.29) is 18.2 Å². The second kappa shape index (κ2) is 9.14. The van der Waals surface area contributed by atoms with E-state index < -0.39 is 0 Å². The average molecular weight is 433 g/mol. The summed E-state index contributed by atoms with van der Waals surface area (Å²) >= 11 is 1.45. The standard InChI is InChI=1S/C24H24N4O2S/c1-15-6-5-8-17(10-15)11-22(30)26-23-20-12-19(31-24(20)28-27-23)13-21(29)25-14-18-9-4-3-7-16(18)2/h3-10,12H,11,13-14H2,1-2H3,(H,25,29)(H2,26,27,28,30). The molecule has 0 bridgehead atoms. The first-order valence-corrected chi connectivity index (χ1v) is 10.9. The normalized spacial score (nSPS) is 10.9. The van der Waals surface area contributed by atoms with Crippen LogP contribution >= 0.6 is 11.3 Å². The summed E-state index contributed by atoms with van der Waals surface area (Å²) in [6.45, 7) is 4.54. The highest BCUT2D eigenvalue weighted by Crippen LogP contribution is 2.29. The summed E-state index contributed by atoms with van der Waals surface area (Å²) in [6, 6.07) is 17.8. The fraction of sp³-hybridized carbons (Fsp3) is 0.208. The van der Waals surface area contributed by atoms with Crippen molar-refractivity contribution in [3.05, 3.63) is 81.7 Å². The van der Waals surface area contributed by atoms with E-state index in [1.165, 1.54) is 11.3 Å². The summed E-state index contributed by atoms with van der Waals surface area (Å²) in [7, 11) is 0. The average Bonchev–Trinajstić information content (AvgIpc) is 3.28. The first-order valence-electron chi connectivity index (χ1n) is 10.1. The number of anilines is 1. The van der Waals surface area contributed by atoms with E-state index in [1.54, 1.807) is 0 Å². The maximum atomic E-state index is 12.4. The number of rotatable bonds is 7. The zero-order valence-corrected chi connectivity index (χ0v) is 18.3. The Balaban J connectivity index is 1.37. The van der Waals surface area contributed by atoms with Crippen molar-refractivity contribution in [3.8, 4) is 0 Å². The molecule has 2 aromatic carbocycles. The van der Waals surface area contributed by atoms with Crippen LogP contribution in [0.15, 0.2) is 54.6 Å². The number of hydrogen-bond donors (Lipinski definition) is 3. The van der Waals surface area contributed by atoms with Crippen molar-refractivity contribution < 1.29 is 9.59 Å². The van der Waals surface area contributed by atoms with Gasteiger partial charge in [-0.1, -0.05) is 54.1 Å². The van der Waals surface area contributed by atoms with Crippen LogP contribution in [0, 0.1) is 13.8 Å². The number of aromatic nitrogens is 2. The lowest BCUT2D eigenvalue weighted by atomic mass is 10.1. The molecular formula is C24H24N4O2S. The number of thiophene rings is 1. The van der Waals surface area contributed by atoms with Crippen molar-refractivity contribution in [2.24, 2.45) is 0 Å². The molecule has 2 heterocycles. The number of aromatic amines is 1. The van der Waals surface area contributed by atoms with Gasteiger partial charge in [-0.25, -0.2) is 0 Å². The van der Waals surface area contributed by atoms with Gasteiger partial charge in [0.2, 0.25) is 11.8 Å². The van der Waals surface area contributed by atoms with E-state index in [9.17, 15) is 9.59 Å². The monoisotopic (exact) mass is 432 g/mol. The summed E-state index contributed by atoms with van der Waals surface area (Å²) in [5.74, 6) is 0.413. The molecule has 158 valence electrons. The molecule has 0 fully saturated rings. The van der Waals surface area contributed by atoms with Gasteiger partial charge in [-0.15, -0.1) is 11.3 Å². The summed E-state index contributed by atoms with van der Waals surface area (Å²) in [6.07, 6.45) is 0.573. The first-order chi connectivity index (χ1) is 15.0. The molecule has 3 N–H and O–H groups in total. The van der Waals surface area contributed by atoms with Gasteiger partial charge in [0.05, 0.1) is 18.2 Å². The van der Waals surface area contributed by atoms with Crippen LogP contribution in [0.5, 0.6) is 0 Å². The Labute approximate surface area is 184 Å². The van der Waals surface area contributed by atoms with Crippen molar-refractivity contribution in [3.63, 3.8) is 0 Å². The number of aryl methyl sites for hydroxylation is 2. The van der Waals surface area contributed by atoms with Gasteiger partial charge in [0.1, 0.15) is 10.6 Å². The largest absolute Gasteiger partial charge is 0.352 e. The van der Waals surface area contributed by atoms with E-state index >= 15 is 0 Å². The number of carbonyl (C=O) groups excluding carboxylic acids is 2. The van der Waals surface area contributed by atoms with Crippen molar-refractivity contribution in [1.82, 2.24) is 15.5 Å². The molecule has 7 heteroatoms. The molecule has 0 radical (unpaired) electrons. The van der Waals surface area contributed by atoms with Gasteiger partial charge in [0.15, 0.2) is 0 Å². The third kappa shape index (κ3) is 5.19. The van der Waals surface area contributed by atoms with Crippen molar-refractivity contribution in [2.45, 2.75) is 33.2 Å². The number of hydrogen-bond acceptors (Lipinski definition) is 4. The molecule has 4 rings (SSSR count). The van der Waals surface area contributed by atoms with Crippen molar-refractivity contribution >= 4 is 39.2 Å². The minimum Gasteiger partial charge on any atom is -0.352 e. The van der Waals surface area contributed by atoms with Gasteiger partial charge < -0.3 is 10.6 Å². The van der Waals surface area contributed by atoms with E-state index in [0.29, 0.717) is 18.8 Å². The molecule has 0 unspecified atom stereocenters. The predicted molar refractivity (Wildman–Crippen MR) is 124 cm³/mol. The van der Waals surface area contributed by atoms with Gasteiger partial charge in [-0.05, 0) is 36.6 Å². The number of carbonyl (C=O) groups is 2. The molecule has 0 saturated carbocycles. The number of nitrogens with zero attached hydrogens (tertiary/aromatic N) is 1. The SMILES string of the molecule is Cc1cccc(CC(=O)Nc2[nH]nc3sc(CC(=O)NCc4ccccc4C)cc23)c1. The van der Waals surface area contributed by atoms with Crippen LogP contribution in [0.1, 0.15) is 27.1 Å². The number of benzene rings is 2. The Morgan fingerprint density at radius 3 is 2.65 bits per heavy atom. The zero-order valence-electron chi connectivity index (χ0n) is 17.5. The molecule has 6 nitrogen and oxygen atoms in total. The van der Waals surface area contributed by atoms with E-state index in [4.69, 9.17) is 0 Å². The Morgan fingerprint density at radius 1 is 1.00 bits per heavy atom. The van der Waals surface area contributed by atoms with Crippen LogP contribution in [0.25, 0.3) is 10.2 Å². The van der Waals surface area contributed by atoms with E-state index in [1.807, 2.05) is 68.4 Å². The van der Waals surface area contributed by atoms with Crippen molar-refractivity contribution in [2.75, 3.05) is 5.32 Å². The lowest BCUT2D eigenvalue weighted by Crippen LogP contribution is -2.24. The molecule has 0 saturated heterocycles. The quantitative estimate of drug-likeness (QED) is 0.407. The minimum atomic E-state index is -0.111. The number of nitrogens with one attached hydrogen (secondary N) is 3. The van der Waals surface area contributed by atoms with Crippen LogP contribution in [0.3, 0.4) is 0 Å². The fourth-order valence-electron chi connectivity index (χ4n) is 3.46. The molecule has 4 aromatic rings. The van der Waals surface area contributed by atoms with Crippen LogP contribution in [0.2, 0.25) is 0 Å². The second-order valence-electron chi connectivity index (χ2n) is 7.62. The highest BCUT2D eigenvalue weighted by molar-refractivity contribution is 7.18. The highest BCUT2D eigenvalue weighted by Gasteiger charge is 2.15. The van der Waals surface area contributed by atoms with Gasteiger partial charge in [0.25, 0.3) is 0 Å². The Morgan fingerprint density at radius 2 is 1.84 bits per heavy atom. The molecule has 0 aliphatic heterocycles. The van der Waals surface area contributed by atoms with Crippen molar-refractivity contribution in [1.29, 1.82) is 0 Å². The maximum absolute atomic E-state index is 12.4. The summed E-state index contributed by atoms with van der Waals surface area (Å²) in [5, 5.41) is 13.9. The third-order valence-corrected chi connectivity index (χ3v) is 6.11. The molecule has 31 heavy (non-hydrogen) atoms. The molecule has 0 aliphatic rings. The summed E-state index contributed by atoms with van der Waals surface area (Å²) in [5.41, 5.74) is 4.35. The smallest absolute Gasteiger partial charge is 0.229 e. The third-order valence-electron chi connectivity index (χ3n) is 5.09. The summed E-state index contributed by atoms with van der Waals surface area (Å²) < 4.78 is 0. The molecule has 2 aromatic heterocycles. The maximum Gasteiger partial charge on any atom is 0.229 e.